The first kappa shape index (κ1) is 28.7. The largest absolute Gasteiger partial charge is 0.490 e. The van der Waals surface area contributed by atoms with Gasteiger partial charge in [0.05, 0.1) is 22.5 Å². The van der Waals surface area contributed by atoms with Crippen molar-refractivity contribution in [2.24, 2.45) is 5.10 Å². The number of anilines is 1. The van der Waals surface area contributed by atoms with E-state index in [0.717, 1.165) is 18.4 Å². The molecule has 1 atom stereocenters. The van der Waals surface area contributed by atoms with Crippen LogP contribution in [0.2, 0.25) is 5.02 Å². The molecule has 0 unspecified atom stereocenters. The number of hydrogen-bond donors (Lipinski definition) is 3. The first-order valence-corrected chi connectivity index (χ1v) is 13.1. The lowest BCUT2D eigenvalue weighted by Gasteiger charge is -2.15. The molecular formula is C25H28ClIN4O6. The molecule has 1 aliphatic heterocycles. The standard InChI is InChI=1S/C25H28ClIN4O6/c1-3-35-21-10-16(12-29-31-25(34)24(33)28-13-18-5-4-8-36-18)9-19(27)23(21)37-14-22(32)30-20-11-17(26)7-6-15(20)2/h6-7,9-12,18H,3-5,8,13-14H2,1-2H3,(H,28,33)(H,30,32)(H,31,34)/b29-12-/t18-/m0/s1. The average Bonchev–Trinajstić information content (AvgIpc) is 3.38. The lowest BCUT2D eigenvalue weighted by molar-refractivity contribution is -0.139. The smallest absolute Gasteiger partial charge is 0.329 e. The average molecular weight is 643 g/mol. The Labute approximate surface area is 233 Å². The van der Waals surface area contributed by atoms with E-state index < -0.39 is 11.8 Å². The van der Waals surface area contributed by atoms with Crippen molar-refractivity contribution in [2.75, 3.05) is 31.7 Å². The van der Waals surface area contributed by atoms with Gasteiger partial charge in [-0.15, -0.1) is 0 Å². The van der Waals surface area contributed by atoms with Crippen LogP contribution in [0.25, 0.3) is 0 Å². The SMILES string of the molecule is CCOc1cc(/C=N\NC(=O)C(=O)NC[C@@H]2CCCO2)cc(I)c1OCC(=O)Nc1cc(Cl)ccc1C. The topological polar surface area (TPSA) is 127 Å². The number of aryl methyl sites for hydroxylation is 1. The van der Waals surface area contributed by atoms with Crippen LogP contribution in [-0.4, -0.2) is 56.4 Å². The normalized spacial score (nSPS) is 14.9. The number of amides is 3. The summed E-state index contributed by atoms with van der Waals surface area (Å²) < 4.78 is 17.5. The Bertz CT molecular complexity index is 1170. The molecular weight excluding hydrogens is 615 g/mol. The van der Waals surface area contributed by atoms with Crippen LogP contribution >= 0.6 is 34.2 Å². The number of ether oxygens (including phenoxy) is 3. The maximum absolute atomic E-state index is 12.5. The second-order valence-electron chi connectivity index (χ2n) is 8.10. The summed E-state index contributed by atoms with van der Waals surface area (Å²) >= 11 is 8.07. The molecule has 3 rings (SSSR count). The minimum Gasteiger partial charge on any atom is -0.490 e. The number of carbonyl (C=O) groups excluding carboxylic acids is 3. The number of nitrogens with one attached hydrogen (secondary N) is 3. The van der Waals surface area contributed by atoms with Crippen molar-refractivity contribution >= 4 is 63.8 Å². The van der Waals surface area contributed by atoms with Crippen LogP contribution in [0.4, 0.5) is 5.69 Å². The number of hydrogen-bond acceptors (Lipinski definition) is 7. The van der Waals surface area contributed by atoms with Crippen LogP contribution in [0.15, 0.2) is 35.4 Å². The summed E-state index contributed by atoms with van der Waals surface area (Å²) in [5.74, 6) is -1.21. The molecule has 1 fully saturated rings. The Kier molecular flexibility index (Phi) is 11.0. The molecule has 1 heterocycles. The fourth-order valence-corrected chi connectivity index (χ4v) is 4.38. The third-order valence-corrected chi connectivity index (χ3v) is 6.29. The molecule has 0 bridgehead atoms. The van der Waals surface area contributed by atoms with Crippen LogP contribution < -0.4 is 25.5 Å². The van der Waals surface area contributed by atoms with Gasteiger partial charge in [-0.1, -0.05) is 17.7 Å². The van der Waals surface area contributed by atoms with Gasteiger partial charge in [0.25, 0.3) is 5.91 Å². The lowest BCUT2D eigenvalue weighted by atomic mass is 10.2. The molecule has 3 N–H and O–H groups in total. The zero-order chi connectivity index (χ0) is 26.8. The number of benzene rings is 2. The Morgan fingerprint density at radius 1 is 1.22 bits per heavy atom. The number of nitrogens with zero attached hydrogens (tertiary/aromatic N) is 1. The number of halogens is 2. The predicted octanol–water partition coefficient (Wildman–Crippen LogP) is 3.41. The summed E-state index contributed by atoms with van der Waals surface area (Å²) in [7, 11) is 0. The predicted molar refractivity (Wildman–Crippen MR) is 148 cm³/mol. The second kappa shape index (κ2) is 14.1. The zero-order valence-electron chi connectivity index (χ0n) is 20.4. The Morgan fingerprint density at radius 3 is 2.76 bits per heavy atom. The second-order valence-corrected chi connectivity index (χ2v) is 9.70. The lowest BCUT2D eigenvalue weighted by Crippen LogP contribution is -2.41. The van der Waals surface area contributed by atoms with Crippen molar-refractivity contribution in [3.8, 4) is 11.5 Å². The van der Waals surface area contributed by atoms with Gasteiger partial charge in [0.1, 0.15) is 0 Å². The van der Waals surface area contributed by atoms with E-state index in [2.05, 4.69) is 43.8 Å². The van der Waals surface area contributed by atoms with Crippen LogP contribution in [0.5, 0.6) is 11.5 Å². The summed E-state index contributed by atoms with van der Waals surface area (Å²) in [6, 6.07) is 8.63. The summed E-state index contributed by atoms with van der Waals surface area (Å²) in [5, 5.41) is 9.69. The molecule has 37 heavy (non-hydrogen) atoms. The van der Waals surface area contributed by atoms with Crippen LogP contribution in [-0.2, 0) is 19.1 Å². The monoisotopic (exact) mass is 642 g/mol. The third kappa shape index (κ3) is 8.86. The van der Waals surface area contributed by atoms with Crippen LogP contribution in [0.3, 0.4) is 0 Å². The van der Waals surface area contributed by atoms with E-state index in [1.807, 2.05) is 19.9 Å². The molecule has 1 saturated heterocycles. The first-order valence-electron chi connectivity index (χ1n) is 11.6. The molecule has 1 aliphatic rings. The van der Waals surface area contributed by atoms with E-state index in [4.69, 9.17) is 25.8 Å². The van der Waals surface area contributed by atoms with E-state index in [0.29, 0.717) is 44.6 Å². The van der Waals surface area contributed by atoms with Crippen molar-refractivity contribution in [2.45, 2.75) is 32.8 Å². The Hall–Kier alpha value is -2.90. The molecule has 198 valence electrons. The molecule has 0 radical (unpaired) electrons. The van der Waals surface area contributed by atoms with E-state index in [-0.39, 0.29) is 25.2 Å². The zero-order valence-corrected chi connectivity index (χ0v) is 23.4. The van der Waals surface area contributed by atoms with Gasteiger partial charge < -0.3 is 24.8 Å². The highest BCUT2D eigenvalue weighted by Gasteiger charge is 2.19. The highest BCUT2D eigenvalue weighted by molar-refractivity contribution is 14.1. The number of carbonyl (C=O) groups is 3. The van der Waals surface area contributed by atoms with E-state index in [1.165, 1.54) is 6.21 Å². The molecule has 2 aromatic carbocycles. The molecule has 2 aromatic rings. The molecule has 0 aliphatic carbocycles. The number of rotatable bonds is 10. The van der Waals surface area contributed by atoms with Gasteiger partial charge in [-0.05, 0) is 84.7 Å². The van der Waals surface area contributed by atoms with E-state index in [9.17, 15) is 14.4 Å². The van der Waals surface area contributed by atoms with Crippen LogP contribution in [0.1, 0.15) is 30.9 Å². The summed E-state index contributed by atoms with van der Waals surface area (Å²) in [6.45, 7) is 4.75. The summed E-state index contributed by atoms with van der Waals surface area (Å²) in [4.78, 5) is 36.4. The van der Waals surface area contributed by atoms with Gasteiger partial charge in [-0.2, -0.15) is 5.10 Å². The molecule has 10 nitrogen and oxygen atoms in total. The minimum absolute atomic E-state index is 0.0629. The fourth-order valence-electron chi connectivity index (χ4n) is 3.43. The maximum Gasteiger partial charge on any atom is 0.329 e. The quantitative estimate of drug-likeness (QED) is 0.158. The highest BCUT2D eigenvalue weighted by atomic mass is 127. The van der Waals surface area contributed by atoms with Gasteiger partial charge >= 0.3 is 11.8 Å². The van der Waals surface area contributed by atoms with Crippen molar-refractivity contribution in [1.29, 1.82) is 0 Å². The summed E-state index contributed by atoms with van der Waals surface area (Å²) in [5.41, 5.74) is 4.28. The van der Waals surface area contributed by atoms with Crippen LogP contribution in [0, 0.1) is 10.5 Å². The molecule has 12 heteroatoms. The van der Waals surface area contributed by atoms with Crippen molar-refractivity contribution in [3.05, 3.63) is 50.1 Å². The first-order chi connectivity index (χ1) is 17.8. The van der Waals surface area contributed by atoms with Crippen molar-refractivity contribution in [3.63, 3.8) is 0 Å². The Morgan fingerprint density at radius 2 is 2.03 bits per heavy atom. The Balaban J connectivity index is 1.58. The van der Waals surface area contributed by atoms with E-state index >= 15 is 0 Å². The molecule has 0 saturated carbocycles. The van der Waals surface area contributed by atoms with Crippen molar-refractivity contribution in [1.82, 2.24) is 10.7 Å². The van der Waals surface area contributed by atoms with Crippen molar-refractivity contribution < 1.29 is 28.6 Å². The molecule has 3 amide bonds. The van der Waals surface area contributed by atoms with Gasteiger partial charge in [0.2, 0.25) is 0 Å². The molecule has 0 aromatic heterocycles. The fraction of sp³-hybridized carbons (Fsp3) is 0.360. The summed E-state index contributed by atoms with van der Waals surface area (Å²) in [6.07, 6.45) is 3.12. The highest BCUT2D eigenvalue weighted by Crippen LogP contribution is 2.34. The maximum atomic E-state index is 12.5. The minimum atomic E-state index is -0.880. The van der Waals surface area contributed by atoms with Gasteiger partial charge in [-0.25, -0.2) is 5.43 Å². The van der Waals surface area contributed by atoms with E-state index in [1.54, 1.807) is 24.3 Å². The van der Waals surface area contributed by atoms with Gasteiger partial charge in [-0.3, -0.25) is 14.4 Å². The molecule has 0 spiro atoms. The van der Waals surface area contributed by atoms with Gasteiger partial charge in [0, 0.05) is 23.9 Å². The number of hydrazone groups is 1. The third-order valence-electron chi connectivity index (χ3n) is 5.25. The van der Waals surface area contributed by atoms with Gasteiger partial charge in [0.15, 0.2) is 18.1 Å².